The van der Waals surface area contributed by atoms with E-state index in [2.05, 4.69) is 20.3 Å². The van der Waals surface area contributed by atoms with Gasteiger partial charge in [-0.15, -0.1) is 0 Å². The minimum Gasteiger partial charge on any atom is -0.454 e. The van der Waals surface area contributed by atoms with Gasteiger partial charge in [0.2, 0.25) is 12.7 Å². The number of para-hydroxylation sites is 1. The summed E-state index contributed by atoms with van der Waals surface area (Å²) < 4.78 is 12.7. The van der Waals surface area contributed by atoms with Gasteiger partial charge in [-0.1, -0.05) is 24.3 Å². The van der Waals surface area contributed by atoms with Crippen molar-refractivity contribution in [3.05, 3.63) is 60.4 Å². The molecule has 3 N–H and O–H groups in total. The van der Waals surface area contributed by atoms with Gasteiger partial charge in [-0.25, -0.2) is 4.98 Å². The molecule has 0 aliphatic carbocycles. The minimum atomic E-state index is 0.188. The van der Waals surface area contributed by atoms with Gasteiger partial charge < -0.3 is 25.1 Å². The molecule has 1 aliphatic heterocycles. The molecule has 3 heterocycles. The number of nitrogens with two attached hydrogens (primary N) is 1. The lowest BCUT2D eigenvalue weighted by molar-refractivity contribution is 0.174. The van der Waals surface area contributed by atoms with E-state index in [1.54, 1.807) is 6.33 Å². The Hall–Kier alpha value is -3.81. The quantitative estimate of drug-likeness (QED) is 0.577. The van der Waals surface area contributed by atoms with Gasteiger partial charge in [0.15, 0.2) is 28.5 Å². The third kappa shape index (κ3) is 2.86. The number of rotatable bonds is 4. The molecule has 0 unspecified atom stereocenters. The third-order valence-electron chi connectivity index (χ3n) is 4.31. The molecule has 8 nitrogen and oxygen atoms in total. The lowest BCUT2D eigenvalue weighted by Crippen LogP contribution is -2.04. The van der Waals surface area contributed by atoms with Crippen LogP contribution in [0.3, 0.4) is 0 Å². The summed E-state index contributed by atoms with van der Waals surface area (Å²) in [6.07, 6.45) is 1.74. The molecule has 0 amide bonds. The van der Waals surface area contributed by atoms with Crippen molar-refractivity contribution in [3.8, 4) is 11.5 Å². The maximum Gasteiger partial charge on any atom is 0.231 e. The van der Waals surface area contributed by atoms with Gasteiger partial charge in [-0.05, 0) is 29.8 Å². The van der Waals surface area contributed by atoms with E-state index < -0.39 is 0 Å². The Bertz CT molecular complexity index is 1130. The zero-order valence-corrected chi connectivity index (χ0v) is 14.3. The van der Waals surface area contributed by atoms with Gasteiger partial charge in [0, 0.05) is 5.69 Å². The largest absolute Gasteiger partial charge is 0.454 e. The van der Waals surface area contributed by atoms with Crippen LogP contribution in [0.2, 0.25) is 0 Å². The van der Waals surface area contributed by atoms with Crippen LogP contribution in [-0.4, -0.2) is 26.3 Å². The van der Waals surface area contributed by atoms with E-state index in [4.69, 9.17) is 15.2 Å². The van der Waals surface area contributed by atoms with Crippen LogP contribution >= 0.6 is 0 Å². The molecule has 0 saturated carbocycles. The first-order valence-corrected chi connectivity index (χ1v) is 8.45. The van der Waals surface area contributed by atoms with E-state index in [0.29, 0.717) is 23.5 Å². The first kappa shape index (κ1) is 15.4. The number of hydrogen-bond donors (Lipinski definition) is 2. The molecular weight excluding hydrogens is 344 g/mol. The van der Waals surface area contributed by atoms with E-state index >= 15 is 0 Å². The van der Waals surface area contributed by atoms with E-state index in [-0.39, 0.29) is 12.7 Å². The number of imidazole rings is 1. The van der Waals surface area contributed by atoms with Gasteiger partial charge >= 0.3 is 0 Å². The smallest absolute Gasteiger partial charge is 0.231 e. The summed E-state index contributed by atoms with van der Waals surface area (Å²) in [7, 11) is 0. The first-order valence-electron chi connectivity index (χ1n) is 8.45. The number of anilines is 3. The average Bonchev–Trinajstić information content (AvgIpc) is 3.30. The molecule has 0 saturated heterocycles. The highest BCUT2D eigenvalue weighted by molar-refractivity contribution is 5.86. The van der Waals surface area contributed by atoms with Crippen LogP contribution in [0.15, 0.2) is 54.9 Å². The number of aromatic nitrogens is 4. The molecule has 0 fully saturated rings. The Morgan fingerprint density at radius 2 is 1.89 bits per heavy atom. The lowest BCUT2D eigenvalue weighted by atomic mass is 10.2. The Morgan fingerprint density at radius 3 is 2.78 bits per heavy atom. The number of benzene rings is 2. The third-order valence-corrected chi connectivity index (χ3v) is 4.31. The predicted octanol–water partition coefficient (Wildman–Crippen LogP) is 2.93. The van der Waals surface area contributed by atoms with Gasteiger partial charge in [0.05, 0.1) is 12.9 Å². The van der Waals surface area contributed by atoms with Crippen molar-refractivity contribution in [2.75, 3.05) is 17.8 Å². The van der Waals surface area contributed by atoms with Crippen LogP contribution in [0.25, 0.3) is 11.2 Å². The second kappa shape index (κ2) is 6.17. The van der Waals surface area contributed by atoms with Crippen molar-refractivity contribution in [2.45, 2.75) is 6.54 Å². The van der Waals surface area contributed by atoms with Gasteiger partial charge in [0.25, 0.3) is 0 Å². The van der Waals surface area contributed by atoms with Crippen LogP contribution in [0, 0.1) is 0 Å². The van der Waals surface area contributed by atoms with Crippen molar-refractivity contribution in [3.63, 3.8) is 0 Å². The molecular formula is C19H16N6O2. The molecule has 134 valence electrons. The molecule has 2 aromatic carbocycles. The van der Waals surface area contributed by atoms with Crippen LogP contribution in [-0.2, 0) is 6.54 Å². The number of fused-ring (bicyclic) bond motifs is 2. The SMILES string of the molecule is Nc1nc(Nc2ccccc2)c2ncn(Cc3ccc4c(c3)OCO4)c2n1. The molecule has 4 aromatic rings. The van der Waals surface area contributed by atoms with Crippen molar-refractivity contribution in [1.29, 1.82) is 0 Å². The van der Waals surface area contributed by atoms with E-state index in [0.717, 1.165) is 22.7 Å². The summed E-state index contributed by atoms with van der Waals surface area (Å²) in [5.74, 6) is 2.27. The number of hydrogen-bond acceptors (Lipinski definition) is 7. The van der Waals surface area contributed by atoms with Crippen molar-refractivity contribution < 1.29 is 9.47 Å². The second-order valence-electron chi connectivity index (χ2n) is 6.15. The second-order valence-corrected chi connectivity index (χ2v) is 6.15. The fourth-order valence-corrected chi connectivity index (χ4v) is 3.06. The van der Waals surface area contributed by atoms with E-state index in [1.165, 1.54) is 0 Å². The Labute approximate surface area is 154 Å². The topological polar surface area (TPSA) is 100 Å². The summed E-state index contributed by atoms with van der Waals surface area (Å²) in [5, 5.41) is 3.26. The monoisotopic (exact) mass is 360 g/mol. The van der Waals surface area contributed by atoms with Gasteiger partial charge in [-0.3, -0.25) is 0 Å². The Morgan fingerprint density at radius 1 is 1.04 bits per heavy atom. The zero-order chi connectivity index (χ0) is 18.2. The average molecular weight is 360 g/mol. The number of ether oxygens (including phenoxy) is 2. The molecule has 0 radical (unpaired) electrons. The maximum absolute atomic E-state index is 5.93. The molecule has 0 bridgehead atoms. The van der Waals surface area contributed by atoms with Crippen LogP contribution in [0.4, 0.5) is 17.5 Å². The summed E-state index contributed by atoms with van der Waals surface area (Å²) in [6.45, 7) is 0.833. The maximum atomic E-state index is 5.93. The summed E-state index contributed by atoms with van der Waals surface area (Å²) >= 11 is 0. The van der Waals surface area contributed by atoms with Crippen molar-refractivity contribution in [1.82, 2.24) is 19.5 Å². The van der Waals surface area contributed by atoms with Crippen LogP contribution in [0.5, 0.6) is 11.5 Å². The normalized spacial score (nSPS) is 12.4. The molecule has 0 spiro atoms. The fraction of sp³-hybridized carbons (Fsp3) is 0.105. The molecule has 27 heavy (non-hydrogen) atoms. The zero-order valence-electron chi connectivity index (χ0n) is 14.3. The van der Waals surface area contributed by atoms with E-state index in [9.17, 15) is 0 Å². The molecule has 5 rings (SSSR count). The standard InChI is InChI=1S/C19H16N6O2/c20-19-23-17(22-13-4-2-1-3-5-13)16-18(24-19)25(10-21-16)9-12-6-7-14-15(8-12)27-11-26-14/h1-8,10H,9,11H2,(H3,20,22,23,24). The van der Waals surface area contributed by atoms with Crippen molar-refractivity contribution >= 4 is 28.6 Å². The van der Waals surface area contributed by atoms with Crippen molar-refractivity contribution in [2.24, 2.45) is 0 Å². The summed E-state index contributed by atoms with van der Waals surface area (Å²) in [5.41, 5.74) is 9.21. The van der Waals surface area contributed by atoms with Crippen LogP contribution < -0.4 is 20.5 Å². The fourth-order valence-electron chi connectivity index (χ4n) is 3.06. The molecule has 2 aromatic heterocycles. The predicted molar refractivity (Wildman–Crippen MR) is 101 cm³/mol. The highest BCUT2D eigenvalue weighted by atomic mass is 16.7. The lowest BCUT2D eigenvalue weighted by Gasteiger charge is -2.08. The van der Waals surface area contributed by atoms with Gasteiger partial charge in [0.1, 0.15) is 0 Å². The molecule has 8 heteroatoms. The number of nitrogens with one attached hydrogen (secondary N) is 1. The molecule has 1 aliphatic rings. The molecule has 0 atom stereocenters. The summed E-state index contributed by atoms with van der Waals surface area (Å²) in [6, 6.07) is 15.6. The Kier molecular flexibility index (Phi) is 3.53. The highest BCUT2D eigenvalue weighted by Crippen LogP contribution is 2.33. The van der Waals surface area contributed by atoms with Crippen LogP contribution in [0.1, 0.15) is 5.56 Å². The van der Waals surface area contributed by atoms with E-state index in [1.807, 2.05) is 53.1 Å². The number of nitrogen functional groups attached to an aromatic ring is 1. The Balaban J connectivity index is 1.51. The summed E-state index contributed by atoms with van der Waals surface area (Å²) in [4.78, 5) is 13.2. The highest BCUT2D eigenvalue weighted by Gasteiger charge is 2.16. The first-order chi connectivity index (χ1) is 13.3. The minimum absolute atomic E-state index is 0.188. The van der Waals surface area contributed by atoms with Gasteiger partial charge in [-0.2, -0.15) is 9.97 Å². The number of nitrogens with zero attached hydrogens (tertiary/aromatic N) is 4.